The molecule has 1 nitrogen and oxygen atoms in total. The van der Waals surface area contributed by atoms with Crippen LogP contribution in [0.1, 0.15) is 6.42 Å². The predicted molar refractivity (Wildman–Crippen MR) is 35.6 cm³/mol. The standard InChI is InChI=1S/C3H10NPS/c4-2-1-3-5-6/h1-5H2. The van der Waals surface area contributed by atoms with E-state index in [-0.39, 0.29) is 7.36 Å². The Morgan fingerprint density at radius 2 is 2.33 bits per heavy atom. The molecular formula is C3H10NPS. The first kappa shape index (κ1) is 6.61. The summed E-state index contributed by atoms with van der Waals surface area (Å²) in [4.78, 5) is 0. The molecule has 0 aliphatic rings. The lowest BCUT2D eigenvalue weighted by Crippen LogP contribution is -1.97. The van der Waals surface area contributed by atoms with E-state index in [1.807, 2.05) is 0 Å². The lowest BCUT2D eigenvalue weighted by molar-refractivity contribution is 0.944. The third kappa shape index (κ3) is 4.61. The molecule has 0 heterocycles. The van der Waals surface area contributed by atoms with Crippen molar-refractivity contribution in [3.05, 3.63) is 0 Å². The van der Waals surface area contributed by atoms with E-state index in [4.69, 9.17) is 17.5 Å². The van der Waals surface area contributed by atoms with Crippen molar-refractivity contribution >= 4 is 19.2 Å². The molecular weight excluding hydrogens is 113 g/mol. The van der Waals surface area contributed by atoms with Gasteiger partial charge in [0, 0.05) is 0 Å². The molecule has 0 fully saturated rings. The summed E-state index contributed by atoms with van der Waals surface area (Å²) < 4.78 is 0. The zero-order chi connectivity index (χ0) is 4.83. The van der Waals surface area contributed by atoms with E-state index < -0.39 is 0 Å². The van der Waals surface area contributed by atoms with Crippen LogP contribution in [-0.4, -0.2) is 12.7 Å². The average Bonchev–Trinajstić information content (AvgIpc) is 1.61. The minimum Gasteiger partial charge on any atom is -0.330 e. The maximum Gasteiger partial charge on any atom is -0.00738 e. The Balaban J connectivity index is 2.49. The normalized spacial score (nSPS) is 10.8. The molecule has 0 aromatic carbocycles. The van der Waals surface area contributed by atoms with Gasteiger partial charge in [0.05, 0.1) is 0 Å². The summed E-state index contributed by atoms with van der Waals surface area (Å²) in [6.45, 7) is 0.809. The predicted octanol–water partition coefficient (Wildman–Crippen LogP) is 0.208. The van der Waals surface area contributed by atoms with Crippen LogP contribution in [0.25, 0.3) is 0 Å². The molecule has 6 heavy (non-hydrogen) atoms. The lowest BCUT2D eigenvalue weighted by atomic mass is 10.5. The maximum absolute atomic E-state index is 5.18. The number of rotatable bonds is 3. The van der Waals surface area contributed by atoms with Gasteiger partial charge in [0.2, 0.25) is 0 Å². The Hall–Kier alpha value is 0.610. The van der Waals surface area contributed by atoms with E-state index in [1.54, 1.807) is 0 Å². The van der Waals surface area contributed by atoms with E-state index >= 15 is 0 Å². The van der Waals surface area contributed by atoms with Crippen molar-refractivity contribution in [1.82, 2.24) is 0 Å². The van der Waals surface area contributed by atoms with Gasteiger partial charge in [-0.15, -0.1) is 11.8 Å². The van der Waals surface area contributed by atoms with E-state index in [9.17, 15) is 0 Å². The minimum atomic E-state index is 0.287. The van der Waals surface area contributed by atoms with Crippen LogP contribution < -0.4 is 5.73 Å². The van der Waals surface area contributed by atoms with E-state index in [0.29, 0.717) is 0 Å². The van der Waals surface area contributed by atoms with Gasteiger partial charge in [-0.2, -0.15) is 0 Å². The SMILES string of the molecule is NCCC[PH2]=S. The summed E-state index contributed by atoms with van der Waals surface area (Å²) in [6, 6.07) is 0. The fourth-order valence-corrected chi connectivity index (χ4v) is 1.10. The average molecular weight is 123 g/mol. The Kier molecular flexibility index (Phi) is 6.18. The Morgan fingerprint density at radius 1 is 1.67 bits per heavy atom. The summed E-state index contributed by atoms with van der Waals surface area (Å²) in [7, 11) is 0.287. The quantitative estimate of drug-likeness (QED) is 0.429. The first-order valence-electron chi connectivity index (χ1n) is 2.05. The molecule has 2 N–H and O–H groups in total. The summed E-state index contributed by atoms with van der Waals surface area (Å²) in [5.74, 6) is 0. The highest BCUT2D eigenvalue weighted by Crippen LogP contribution is 1.91. The molecule has 0 bridgehead atoms. The first-order chi connectivity index (χ1) is 2.91. The van der Waals surface area contributed by atoms with Crippen LogP contribution in [0.2, 0.25) is 0 Å². The van der Waals surface area contributed by atoms with Gasteiger partial charge in [-0.25, -0.2) is 0 Å². The fourth-order valence-electron chi connectivity index (χ4n) is 0.201. The van der Waals surface area contributed by atoms with Crippen molar-refractivity contribution in [3.8, 4) is 0 Å². The van der Waals surface area contributed by atoms with Crippen molar-refractivity contribution < 1.29 is 0 Å². The van der Waals surface area contributed by atoms with Crippen molar-refractivity contribution in [3.63, 3.8) is 0 Å². The smallest absolute Gasteiger partial charge is 0.00738 e. The molecule has 0 radical (unpaired) electrons. The van der Waals surface area contributed by atoms with Crippen LogP contribution in [0.15, 0.2) is 0 Å². The summed E-state index contributed by atoms with van der Waals surface area (Å²) in [5, 5.41) is 0. The van der Waals surface area contributed by atoms with Crippen LogP contribution >= 0.6 is 7.36 Å². The highest BCUT2D eigenvalue weighted by Gasteiger charge is 1.71. The molecule has 3 heteroatoms. The molecule has 0 spiro atoms. The number of nitrogens with two attached hydrogens (primary N) is 1. The second-order valence-corrected chi connectivity index (χ2v) is 3.01. The van der Waals surface area contributed by atoms with Gasteiger partial charge in [0.25, 0.3) is 0 Å². The van der Waals surface area contributed by atoms with Gasteiger partial charge < -0.3 is 5.73 Å². The monoisotopic (exact) mass is 123 g/mol. The Morgan fingerprint density at radius 3 is 2.50 bits per heavy atom. The molecule has 1 unspecified atom stereocenters. The molecule has 38 valence electrons. The molecule has 0 aromatic rings. The Labute approximate surface area is 44.8 Å². The van der Waals surface area contributed by atoms with E-state index in [0.717, 1.165) is 13.0 Å². The largest absolute Gasteiger partial charge is 0.330 e. The van der Waals surface area contributed by atoms with Gasteiger partial charge in [-0.05, 0) is 19.1 Å². The molecule has 0 saturated heterocycles. The van der Waals surface area contributed by atoms with Crippen molar-refractivity contribution in [2.24, 2.45) is 5.73 Å². The zero-order valence-corrected chi connectivity index (χ0v) is 5.66. The van der Waals surface area contributed by atoms with E-state index in [1.165, 1.54) is 6.16 Å². The van der Waals surface area contributed by atoms with Gasteiger partial charge in [-0.1, -0.05) is 7.36 Å². The van der Waals surface area contributed by atoms with Crippen LogP contribution in [0.5, 0.6) is 0 Å². The van der Waals surface area contributed by atoms with Gasteiger partial charge in [0.1, 0.15) is 0 Å². The highest BCUT2D eigenvalue weighted by molar-refractivity contribution is 7.96. The molecule has 0 aromatic heterocycles. The summed E-state index contributed by atoms with van der Waals surface area (Å²) in [5.41, 5.74) is 5.18. The van der Waals surface area contributed by atoms with Crippen LogP contribution in [0.3, 0.4) is 0 Å². The third-order valence-corrected chi connectivity index (χ3v) is 1.88. The lowest BCUT2D eigenvalue weighted by Gasteiger charge is -1.82. The topological polar surface area (TPSA) is 26.0 Å². The fraction of sp³-hybridized carbons (Fsp3) is 1.00. The first-order valence-corrected chi connectivity index (χ1v) is 4.75. The van der Waals surface area contributed by atoms with Crippen LogP contribution in [0.4, 0.5) is 0 Å². The maximum atomic E-state index is 5.18. The number of hydrogen-bond donors (Lipinski definition) is 1. The second-order valence-electron chi connectivity index (χ2n) is 1.10. The number of hydrogen-bond acceptors (Lipinski definition) is 2. The summed E-state index contributed by atoms with van der Waals surface area (Å²) in [6.07, 6.45) is 2.31. The second kappa shape index (κ2) is 5.61. The van der Waals surface area contributed by atoms with Crippen LogP contribution in [-0.2, 0) is 11.8 Å². The highest BCUT2D eigenvalue weighted by atomic mass is 32.4. The van der Waals surface area contributed by atoms with Crippen LogP contribution in [0, 0.1) is 0 Å². The van der Waals surface area contributed by atoms with E-state index in [2.05, 4.69) is 0 Å². The summed E-state index contributed by atoms with van der Waals surface area (Å²) >= 11 is 4.75. The van der Waals surface area contributed by atoms with Gasteiger partial charge in [-0.3, -0.25) is 0 Å². The van der Waals surface area contributed by atoms with Crippen molar-refractivity contribution in [1.29, 1.82) is 0 Å². The molecule has 0 rings (SSSR count). The van der Waals surface area contributed by atoms with Gasteiger partial charge >= 0.3 is 0 Å². The Bertz CT molecular complexity index is 39.8. The molecule has 1 atom stereocenters. The van der Waals surface area contributed by atoms with Crippen molar-refractivity contribution in [2.75, 3.05) is 12.7 Å². The third-order valence-electron chi connectivity index (χ3n) is 0.526. The molecule has 0 aliphatic carbocycles. The molecule has 0 saturated carbocycles. The zero-order valence-electron chi connectivity index (χ0n) is 3.68. The molecule has 0 amide bonds. The minimum absolute atomic E-state index is 0.287. The van der Waals surface area contributed by atoms with Gasteiger partial charge in [0.15, 0.2) is 0 Å². The molecule has 0 aliphatic heterocycles. The van der Waals surface area contributed by atoms with Crippen molar-refractivity contribution in [2.45, 2.75) is 6.42 Å².